The molecule has 112 valence electrons. The number of pyridine rings is 1. The van der Waals surface area contributed by atoms with E-state index in [1.807, 2.05) is 11.8 Å². The third kappa shape index (κ3) is 4.10. The number of thioether (sulfide) groups is 1. The van der Waals surface area contributed by atoms with Crippen LogP contribution in [0.3, 0.4) is 0 Å². The van der Waals surface area contributed by atoms with Crippen LogP contribution in [0.25, 0.3) is 0 Å². The highest BCUT2D eigenvalue weighted by Gasteiger charge is 2.27. The van der Waals surface area contributed by atoms with Crippen LogP contribution in [0.5, 0.6) is 0 Å². The standard InChI is InChI=1S/C12H16BrClN2O2S2/c1-19-10-4-2-9(3-5-10)16-20(17,18)11-6-8(13)7-15-12(11)14/h6-7,9-10,16H,2-5H2,1H3. The minimum Gasteiger partial charge on any atom is -0.242 e. The molecule has 1 saturated carbocycles. The number of rotatable bonds is 4. The molecule has 0 amide bonds. The van der Waals surface area contributed by atoms with Crippen molar-refractivity contribution in [2.45, 2.75) is 41.9 Å². The Bertz CT molecular complexity index is 575. The first kappa shape index (κ1) is 16.5. The molecule has 1 aromatic rings. The maximum Gasteiger partial charge on any atom is 0.243 e. The lowest BCUT2D eigenvalue weighted by Crippen LogP contribution is -2.38. The summed E-state index contributed by atoms with van der Waals surface area (Å²) in [5, 5.41) is 0.644. The molecule has 1 aliphatic rings. The summed E-state index contributed by atoms with van der Waals surface area (Å²) in [6.07, 6.45) is 7.39. The summed E-state index contributed by atoms with van der Waals surface area (Å²) in [5.41, 5.74) is 0. The quantitative estimate of drug-likeness (QED) is 0.788. The van der Waals surface area contributed by atoms with Crippen LogP contribution in [-0.2, 0) is 10.0 Å². The van der Waals surface area contributed by atoms with Gasteiger partial charge < -0.3 is 0 Å². The first-order valence-corrected chi connectivity index (χ1v) is 10.2. The summed E-state index contributed by atoms with van der Waals surface area (Å²) < 4.78 is 28.1. The lowest BCUT2D eigenvalue weighted by atomic mass is 9.96. The first-order chi connectivity index (χ1) is 9.42. The normalized spacial score (nSPS) is 23.8. The molecule has 0 atom stereocenters. The monoisotopic (exact) mass is 398 g/mol. The van der Waals surface area contributed by atoms with Gasteiger partial charge >= 0.3 is 0 Å². The van der Waals surface area contributed by atoms with E-state index in [9.17, 15) is 8.42 Å². The second-order valence-corrected chi connectivity index (χ2v) is 8.87. The van der Waals surface area contributed by atoms with Gasteiger partial charge in [0, 0.05) is 22.0 Å². The number of aromatic nitrogens is 1. The molecule has 1 aliphatic carbocycles. The van der Waals surface area contributed by atoms with Gasteiger partial charge in [-0.05, 0) is 53.9 Å². The Labute approximate surface area is 137 Å². The molecule has 20 heavy (non-hydrogen) atoms. The van der Waals surface area contributed by atoms with E-state index < -0.39 is 10.0 Å². The Morgan fingerprint density at radius 2 is 2.05 bits per heavy atom. The SMILES string of the molecule is CSC1CCC(NS(=O)(=O)c2cc(Br)cnc2Cl)CC1. The van der Waals surface area contributed by atoms with Crippen molar-refractivity contribution in [3.05, 3.63) is 21.9 Å². The van der Waals surface area contributed by atoms with Crippen molar-refractivity contribution in [2.75, 3.05) is 6.26 Å². The summed E-state index contributed by atoms with van der Waals surface area (Å²) in [6, 6.07) is 1.46. The number of sulfonamides is 1. The molecule has 1 heterocycles. The highest BCUT2D eigenvalue weighted by Crippen LogP contribution is 2.29. The summed E-state index contributed by atoms with van der Waals surface area (Å²) in [4.78, 5) is 3.89. The van der Waals surface area contributed by atoms with Crippen molar-refractivity contribution in [1.29, 1.82) is 0 Å². The van der Waals surface area contributed by atoms with Crippen LogP contribution in [0.15, 0.2) is 21.6 Å². The number of hydrogen-bond donors (Lipinski definition) is 1. The zero-order chi connectivity index (χ0) is 14.8. The van der Waals surface area contributed by atoms with E-state index in [1.165, 1.54) is 12.3 Å². The van der Waals surface area contributed by atoms with Gasteiger partial charge in [-0.25, -0.2) is 18.1 Å². The minimum absolute atomic E-state index is 0.00139. The Balaban J connectivity index is 2.10. The van der Waals surface area contributed by atoms with Crippen molar-refractivity contribution in [3.8, 4) is 0 Å². The van der Waals surface area contributed by atoms with Crippen LogP contribution in [0.2, 0.25) is 5.15 Å². The second-order valence-electron chi connectivity index (χ2n) is 4.77. The van der Waals surface area contributed by atoms with E-state index in [0.29, 0.717) is 9.72 Å². The maximum absolute atomic E-state index is 12.4. The fraction of sp³-hybridized carbons (Fsp3) is 0.583. The fourth-order valence-electron chi connectivity index (χ4n) is 2.29. The van der Waals surface area contributed by atoms with Gasteiger partial charge in [-0.15, -0.1) is 0 Å². The van der Waals surface area contributed by atoms with Crippen LogP contribution in [0, 0.1) is 0 Å². The van der Waals surface area contributed by atoms with Crippen molar-refractivity contribution < 1.29 is 8.42 Å². The van der Waals surface area contributed by atoms with Gasteiger partial charge in [0.1, 0.15) is 10.0 Å². The molecule has 0 radical (unpaired) electrons. The molecule has 0 spiro atoms. The molecular weight excluding hydrogens is 384 g/mol. The van der Waals surface area contributed by atoms with Gasteiger partial charge in [0.15, 0.2) is 0 Å². The second kappa shape index (κ2) is 6.96. The van der Waals surface area contributed by atoms with Gasteiger partial charge in [-0.1, -0.05) is 11.6 Å². The third-order valence-corrected chi connectivity index (χ3v) is 6.91. The molecule has 1 fully saturated rings. The Morgan fingerprint density at radius 1 is 1.40 bits per heavy atom. The number of hydrogen-bond acceptors (Lipinski definition) is 4. The van der Waals surface area contributed by atoms with E-state index in [2.05, 4.69) is 31.9 Å². The summed E-state index contributed by atoms with van der Waals surface area (Å²) in [7, 11) is -3.62. The Kier molecular flexibility index (Phi) is 5.76. The van der Waals surface area contributed by atoms with Crippen molar-refractivity contribution >= 4 is 49.3 Å². The average molecular weight is 400 g/mol. The molecule has 1 N–H and O–H groups in total. The third-order valence-electron chi connectivity index (χ3n) is 3.39. The van der Waals surface area contributed by atoms with Gasteiger partial charge in [-0.3, -0.25) is 0 Å². The smallest absolute Gasteiger partial charge is 0.242 e. The van der Waals surface area contributed by atoms with Crippen LogP contribution in [-0.4, -0.2) is 30.9 Å². The molecule has 0 saturated heterocycles. The van der Waals surface area contributed by atoms with Crippen molar-refractivity contribution in [1.82, 2.24) is 9.71 Å². The minimum atomic E-state index is -3.62. The fourth-order valence-corrected chi connectivity index (χ4v) is 5.28. The largest absolute Gasteiger partial charge is 0.243 e. The molecule has 8 heteroatoms. The summed E-state index contributed by atoms with van der Waals surface area (Å²) in [5.74, 6) is 0. The van der Waals surface area contributed by atoms with Gasteiger partial charge in [0.2, 0.25) is 10.0 Å². The van der Waals surface area contributed by atoms with E-state index >= 15 is 0 Å². The van der Waals surface area contributed by atoms with Gasteiger partial charge in [-0.2, -0.15) is 11.8 Å². The van der Waals surface area contributed by atoms with Gasteiger partial charge in [0.25, 0.3) is 0 Å². The lowest BCUT2D eigenvalue weighted by molar-refractivity contribution is 0.420. The molecule has 0 bridgehead atoms. The highest BCUT2D eigenvalue weighted by atomic mass is 79.9. The van der Waals surface area contributed by atoms with E-state index in [4.69, 9.17) is 11.6 Å². The Morgan fingerprint density at radius 3 is 2.65 bits per heavy atom. The predicted octanol–water partition coefficient (Wildman–Crippen LogP) is 3.45. The first-order valence-electron chi connectivity index (χ1n) is 6.28. The van der Waals surface area contributed by atoms with Crippen LogP contribution < -0.4 is 4.72 Å². The maximum atomic E-state index is 12.4. The Hall–Kier alpha value is 0.180. The van der Waals surface area contributed by atoms with Crippen LogP contribution in [0.1, 0.15) is 25.7 Å². The number of nitrogens with one attached hydrogen (secondary N) is 1. The molecule has 0 aromatic carbocycles. The number of halogens is 2. The molecule has 1 aromatic heterocycles. The van der Waals surface area contributed by atoms with E-state index in [0.717, 1.165) is 25.7 Å². The summed E-state index contributed by atoms with van der Waals surface area (Å²) >= 11 is 11.0. The van der Waals surface area contributed by atoms with Crippen LogP contribution >= 0.6 is 39.3 Å². The molecule has 2 rings (SSSR count). The predicted molar refractivity (Wildman–Crippen MR) is 86.8 cm³/mol. The highest BCUT2D eigenvalue weighted by molar-refractivity contribution is 9.10. The lowest BCUT2D eigenvalue weighted by Gasteiger charge is -2.27. The zero-order valence-corrected chi connectivity index (χ0v) is 14.9. The average Bonchev–Trinajstić information content (AvgIpc) is 2.42. The zero-order valence-electron chi connectivity index (χ0n) is 11.0. The molecule has 0 unspecified atom stereocenters. The molecular formula is C12H16BrClN2O2S2. The molecule has 0 aliphatic heterocycles. The van der Waals surface area contributed by atoms with Crippen molar-refractivity contribution in [3.63, 3.8) is 0 Å². The number of nitrogens with zero attached hydrogens (tertiary/aromatic N) is 1. The van der Waals surface area contributed by atoms with Crippen LogP contribution in [0.4, 0.5) is 0 Å². The topological polar surface area (TPSA) is 59.1 Å². The summed E-state index contributed by atoms with van der Waals surface area (Å²) in [6.45, 7) is 0. The van der Waals surface area contributed by atoms with E-state index in [1.54, 1.807) is 0 Å². The van der Waals surface area contributed by atoms with Gasteiger partial charge in [0.05, 0.1) is 0 Å². The van der Waals surface area contributed by atoms with E-state index in [-0.39, 0.29) is 16.1 Å². The van der Waals surface area contributed by atoms with Crippen molar-refractivity contribution in [2.24, 2.45) is 0 Å². The molecule has 4 nitrogen and oxygen atoms in total.